The highest BCUT2D eigenvalue weighted by Crippen LogP contribution is 2.10. The lowest BCUT2D eigenvalue weighted by Gasteiger charge is -2.15. The van der Waals surface area contributed by atoms with Crippen molar-refractivity contribution in [1.29, 1.82) is 0 Å². The molecule has 0 radical (unpaired) electrons. The lowest BCUT2D eigenvalue weighted by Crippen LogP contribution is -2.37. The summed E-state index contributed by atoms with van der Waals surface area (Å²) in [5, 5.41) is 2.33. The first-order valence-electron chi connectivity index (χ1n) is 4.73. The van der Waals surface area contributed by atoms with Gasteiger partial charge in [0, 0.05) is 26.4 Å². The molecule has 0 atom stereocenters. The number of aromatic nitrogens is 1. The van der Waals surface area contributed by atoms with Crippen LogP contribution in [0.15, 0.2) is 28.0 Å². The Morgan fingerprint density at radius 3 is 2.59 bits per heavy atom. The summed E-state index contributed by atoms with van der Waals surface area (Å²) in [6.45, 7) is -0.280. The molecule has 0 aromatic carbocycles. The summed E-state index contributed by atoms with van der Waals surface area (Å²) >= 11 is 0. The third-order valence-electron chi connectivity index (χ3n) is 2.11. The number of sulfonamides is 1. The first-order valence-corrected chi connectivity index (χ1v) is 6.17. The SMILES string of the molecule is CNC(=O)CN(C)S(=O)(=O)c1ccc(=O)[nH]c1. The highest BCUT2D eigenvalue weighted by atomic mass is 32.2. The van der Waals surface area contributed by atoms with Crippen molar-refractivity contribution in [2.75, 3.05) is 20.6 Å². The molecule has 1 amide bonds. The second-order valence-electron chi connectivity index (χ2n) is 3.32. The summed E-state index contributed by atoms with van der Waals surface area (Å²) in [6, 6.07) is 2.30. The molecule has 17 heavy (non-hydrogen) atoms. The summed E-state index contributed by atoms with van der Waals surface area (Å²) in [5.74, 6) is -0.416. The molecule has 2 N–H and O–H groups in total. The van der Waals surface area contributed by atoms with E-state index in [1.54, 1.807) is 0 Å². The van der Waals surface area contributed by atoms with Crippen LogP contribution in [0.1, 0.15) is 0 Å². The van der Waals surface area contributed by atoms with Crippen molar-refractivity contribution in [2.24, 2.45) is 0 Å². The summed E-state index contributed by atoms with van der Waals surface area (Å²) in [5.41, 5.74) is -0.391. The molecule has 0 aliphatic carbocycles. The molecule has 1 heterocycles. The normalized spacial score (nSPS) is 11.5. The van der Waals surface area contributed by atoms with E-state index in [0.29, 0.717) is 0 Å². The molecule has 7 nitrogen and oxygen atoms in total. The monoisotopic (exact) mass is 259 g/mol. The number of aromatic amines is 1. The van der Waals surface area contributed by atoms with Crippen molar-refractivity contribution in [2.45, 2.75) is 4.90 Å². The number of pyridine rings is 1. The maximum Gasteiger partial charge on any atom is 0.247 e. The van der Waals surface area contributed by atoms with Crippen LogP contribution in [-0.4, -0.2) is 44.3 Å². The van der Waals surface area contributed by atoms with Gasteiger partial charge in [-0.3, -0.25) is 9.59 Å². The van der Waals surface area contributed by atoms with Gasteiger partial charge in [0.25, 0.3) is 0 Å². The molecule has 0 spiro atoms. The average molecular weight is 259 g/mol. The minimum Gasteiger partial charge on any atom is -0.358 e. The van der Waals surface area contributed by atoms with E-state index in [1.807, 2.05) is 0 Å². The lowest BCUT2D eigenvalue weighted by molar-refractivity contribution is -0.120. The smallest absolute Gasteiger partial charge is 0.247 e. The van der Waals surface area contributed by atoms with Gasteiger partial charge in [0.2, 0.25) is 21.5 Å². The fourth-order valence-electron chi connectivity index (χ4n) is 1.10. The summed E-state index contributed by atoms with van der Waals surface area (Å²) < 4.78 is 24.7. The Kier molecular flexibility index (Phi) is 4.02. The van der Waals surface area contributed by atoms with Gasteiger partial charge in [0.1, 0.15) is 0 Å². The van der Waals surface area contributed by atoms with Crippen LogP contribution in [0.4, 0.5) is 0 Å². The standard InChI is InChI=1S/C9H13N3O4S/c1-10-9(14)6-12(2)17(15,16)7-3-4-8(13)11-5-7/h3-5H,6H2,1-2H3,(H,10,14)(H,11,13). The third-order valence-corrected chi connectivity index (χ3v) is 3.91. The average Bonchev–Trinajstić information content (AvgIpc) is 2.29. The molecule has 0 saturated carbocycles. The second kappa shape index (κ2) is 5.11. The molecule has 1 aromatic heterocycles. The number of amides is 1. The predicted molar refractivity (Wildman–Crippen MR) is 60.9 cm³/mol. The minimum absolute atomic E-state index is 0.0662. The molecule has 8 heteroatoms. The van der Waals surface area contributed by atoms with Gasteiger partial charge >= 0.3 is 0 Å². The van der Waals surface area contributed by atoms with Gasteiger partial charge in [0.05, 0.1) is 11.4 Å². The van der Waals surface area contributed by atoms with Crippen molar-refractivity contribution in [3.05, 3.63) is 28.7 Å². The first kappa shape index (κ1) is 13.4. The van der Waals surface area contributed by atoms with Crippen LogP contribution in [0.5, 0.6) is 0 Å². The van der Waals surface area contributed by atoms with Crippen LogP contribution in [0.25, 0.3) is 0 Å². The predicted octanol–water partition coefficient (Wildman–Crippen LogP) is -1.26. The van der Waals surface area contributed by atoms with Gasteiger partial charge < -0.3 is 10.3 Å². The van der Waals surface area contributed by atoms with Gasteiger partial charge in [-0.05, 0) is 6.07 Å². The fourth-order valence-corrected chi connectivity index (χ4v) is 2.20. The maximum atomic E-state index is 11.9. The molecule has 0 bridgehead atoms. The maximum absolute atomic E-state index is 11.9. The number of rotatable bonds is 4. The first-order chi connectivity index (χ1) is 7.87. The van der Waals surface area contributed by atoms with E-state index in [0.717, 1.165) is 16.6 Å². The Hall–Kier alpha value is -1.67. The van der Waals surface area contributed by atoms with Crippen LogP contribution >= 0.6 is 0 Å². The van der Waals surface area contributed by atoms with Crippen molar-refractivity contribution >= 4 is 15.9 Å². The number of H-pyrrole nitrogens is 1. The van der Waals surface area contributed by atoms with Crippen molar-refractivity contribution in [3.8, 4) is 0 Å². The van der Waals surface area contributed by atoms with Crippen molar-refractivity contribution in [3.63, 3.8) is 0 Å². The number of likely N-dealkylation sites (N-methyl/N-ethyl adjacent to an activating group) is 2. The number of hydrogen-bond acceptors (Lipinski definition) is 4. The highest BCUT2D eigenvalue weighted by Gasteiger charge is 2.22. The summed E-state index contributed by atoms with van der Waals surface area (Å²) in [6.07, 6.45) is 1.10. The van der Waals surface area contributed by atoms with E-state index >= 15 is 0 Å². The van der Waals surface area contributed by atoms with Crippen molar-refractivity contribution < 1.29 is 13.2 Å². The minimum atomic E-state index is -3.76. The molecular weight excluding hydrogens is 246 g/mol. The van der Waals surface area contributed by atoms with Crippen LogP contribution in [0.2, 0.25) is 0 Å². The van der Waals surface area contributed by atoms with Crippen LogP contribution < -0.4 is 10.9 Å². The Morgan fingerprint density at radius 2 is 2.12 bits per heavy atom. The fraction of sp³-hybridized carbons (Fsp3) is 0.333. The van der Waals surface area contributed by atoms with E-state index in [2.05, 4.69) is 10.3 Å². The lowest BCUT2D eigenvalue weighted by atomic mass is 10.5. The summed E-state index contributed by atoms with van der Waals surface area (Å²) in [7, 11) is -1.05. The van der Waals surface area contributed by atoms with Gasteiger partial charge in [-0.2, -0.15) is 4.31 Å². The topological polar surface area (TPSA) is 99.3 Å². The number of nitrogens with one attached hydrogen (secondary N) is 2. The largest absolute Gasteiger partial charge is 0.358 e. The van der Waals surface area contributed by atoms with Gasteiger partial charge in [0.15, 0.2) is 0 Å². The molecule has 0 unspecified atom stereocenters. The molecule has 1 rings (SSSR count). The van der Waals surface area contributed by atoms with E-state index in [-0.39, 0.29) is 11.4 Å². The molecule has 0 aliphatic heterocycles. The second-order valence-corrected chi connectivity index (χ2v) is 5.37. The van der Waals surface area contributed by atoms with Crippen LogP contribution in [-0.2, 0) is 14.8 Å². The van der Waals surface area contributed by atoms with E-state index < -0.39 is 21.5 Å². The zero-order valence-electron chi connectivity index (χ0n) is 9.43. The molecule has 0 aliphatic rings. The molecular formula is C9H13N3O4S. The third kappa shape index (κ3) is 3.14. The van der Waals surface area contributed by atoms with Crippen LogP contribution in [0.3, 0.4) is 0 Å². The van der Waals surface area contributed by atoms with E-state index in [1.165, 1.54) is 20.2 Å². The molecule has 1 aromatic rings. The Labute approximate surface area is 98.5 Å². The Bertz CT molecular complexity index is 543. The molecule has 0 saturated heterocycles. The van der Waals surface area contributed by atoms with Crippen molar-refractivity contribution in [1.82, 2.24) is 14.6 Å². The van der Waals surface area contributed by atoms with E-state index in [9.17, 15) is 18.0 Å². The van der Waals surface area contributed by atoms with E-state index in [4.69, 9.17) is 0 Å². The van der Waals surface area contributed by atoms with Gasteiger partial charge in [-0.1, -0.05) is 0 Å². The molecule has 0 fully saturated rings. The quantitative estimate of drug-likeness (QED) is 0.705. The zero-order chi connectivity index (χ0) is 13.1. The Morgan fingerprint density at radius 1 is 1.47 bits per heavy atom. The summed E-state index contributed by atoms with van der Waals surface area (Å²) in [4.78, 5) is 24.1. The number of carbonyl (C=O) groups is 1. The number of hydrogen-bond donors (Lipinski definition) is 2. The van der Waals surface area contributed by atoms with Gasteiger partial charge in [-0.25, -0.2) is 8.42 Å². The number of carbonyl (C=O) groups excluding carboxylic acids is 1. The Balaban J connectivity index is 2.99. The van der Waals surface area contributed by atoms with Crippen LogP contribution in [0, 0.1) is 0 Å². The van der Waals surface area contributed by atoms with Gasteiger partial charge in [-0.15, -0.1) is 0 Å². The number of nitrogens with zero attached hydrogens (tertiary/aromatic N) is 1. The zero-order valence-corrected chi connectivity index (χ0v) is 10.2. The molecule has 94 valence electrons. The highest BCUT2D eigenvalue weighted by molar-refractivity contribution is 7.89.